The number of H-pyrrole nitrogens is 1. The summed E-state index contributed by atoms with van der Waals surface area (Å²) in [4.78, 5) is 19.4. The van der Waals surface area contributed by atoms with Gasteiger partial charge in [-0.2, -0.15) is 0 Å². The molecule has 0 aliphatic rings. The molecule has 1 atom stereocenters. The molecule has 0 spiro atoms. The number of halogens is 1. The van der Waals surface area contributed by atoms with Crippen molar-refractivity contribution in [2.45, 2.75) is 0 Å². The number of hydrogen-bond acceptors (Lipinski definition) is 3. The van der Waals surface area contributed by atoms with E-state index in [1.165, 1.54) is 24.4 Å². The summed E-state index contributed by atoms with van der Waals surface area (Å²) in [5.74, 6) is -1.42. The van der Waals surface area contributed by atoms with Gasteiger partial charge in [-0.1, -0.05) is 6.07 Å². The molecule has 0 radical (unpaired) electrons. The molecule has 2 heterocycles. The maximum atomic E-state index is 14.3. The molecule has 112 valence electrons. The third-order valence-corrected chi connectivity index (χ3v) is 3.53. The Hall–Kier alpha value is -2.58. The molecule has 3 rings (SSSR count). The van der Waals surface area contributed by atoms with Gasteiger partial charge >= 0.3 is 0 Å². The first-order valence-electron chi connectivity index (χ1n) is 6.20. The number of benzene rings is 1. The average molecular weight is 319 g/mol. The number of rotatable bonds is 4. The molecule has 0 saturated heterocycles. The third kappa shape index (κ3) is 2.49. The van der Waals surface area contributed by atoms with Gasteiger partial charge in [0.05, 0.1) is 11.3 Å². The Kier molecular flexibility index (Phi) is 3.70. The van der Waals surface area contributed by atoms with Crippen molar-refractivity contribution < 1.29 is 17.9 Å². The van der Waals surface area contributed by atoms with E-state index >= 15 is 0 Å². The quantitative estimate of drug-likeness (QED) is 0.508. The predicted octanol–water partition coefficient (Wildman–Crippen LogP) is 2.48. The fourth-order valence-electron chi connectivity index (χ4n) is 2.17. The molecule has 0 saturated carbocycles. The van der Waals surface area contributed by atoms with Crippen LogP contribution in [0.3, 0.4) is 0 Å². The Morgan fingerprint density at radius 3 is 2.86 bits per heavy atom. The zero-order valence-corrected chi connectivity index (χ0v) is 11.9. The van der Waals surface area contributed by atoms with E-state index < -0.39 is 22.9 Å². The number of fused-ring (bicyclic) bond motifs is 1. The molecule has 2 aromatic heterocycles. The maximum absolute atomic E-state index is 14.3. The van der Waals surface area contributed by atoms with Crippen molar-refractivity contribution in [3.8, 4) is 0 Å². The molecule has 0 amide bonds. The number of anilines is 1. The summed E-state index contributed by atoms with van der Waals surface area (Å²) in [5.41, 5.74) is 0.395. The van der Waals surface area contributed by atoms with Gasteiger partial charge in [0.15, 0.2) is 11.6 Å². The number of carbonyl (C=O) groups excluding carboxylic acids is 1. The van der Waals surface area contributed by atoms with Crippen molar-refractivity contribution in [2.75, 3.05) is 4.72 Å². The number of ketones is 1. The van der Waals surface area contributed by atoms with Gasteiger partial charge in [-0.15, -0.1) is 0 Å². The van der Waals surface area contributed by atoms with Crippen LogP contribution < -0.4 is 4.72 Å². The van der Waals surface area contributed by atoms with Crippen molar-refractivity contribution in [1.82, 2.24) is 9.97 Å². The highest BCUT2D eigenvalue weighted by molar-refractivity contribution is 7.80. The second-order valence-corrected chi connectivity index (χ2v) is 5.15. The molecule has 6 nitrogen and oxygen atoms in total. The van der Waals surface area contributed by atoms with Crippen LogP contribution in [0.25, 0.3) is 11.0 Å². The molecule has 8 heteroatoms. The first kappa shape index (κ1) is 14.4. The van der Waals surface area contributed by atoms with E-state index in [4.69, 9.17) is 4.55 Å². The Balaban J connectivity index is 2.07. The smallest absolute Gasteiger partial charge is 0.259 e. The van der Waals surface area contributed by atoms with Crippen molar-refractivity contribution >= 4 is 33.8 Å². The van der Waals surface area contributed by atoms with Crippen LogP contribution in [-0.2, 0) is 11.3 Å². The first-order valence-corrected chi connectivity index (χ1v) is 7.31. The summed E-state index contributed by atoms with van der Waals surface area (Å²) in [6.07, 6.45) is 3.04. The molecule has 0 aliphatic heterocycles. The van der Waals surface area contributed by atoms with Gasteiger partial charge in [0.2, 0.25) is 0 Å². The number of aromatic amines is 1. The fraction of sp³-hybridized carbons (Fsp3) is 0. The molecule has 22 heavy (non-hydrogen) atoms. The fourth-order valence-corrected chi connectivity index (χ4v) is 2.51. The lowest BCUT2D eigenvalue weighted by Crippen LogP contribution is -2.09. The van der Waals surface area contributed by atoms with Crippen LogP contribution in [0.15, 0.2) is 42.7 Å². The van der Waals surface area contributed by atoms with Crippen molar-refractivity contribution in [3.05, 3.63) is 59.7 Å². The van der Waals surface area contributed by atoms with Crippen LogP contribution in [0.5, 0.6) is 0 Å². The van der Waals surface area contributed by atoms with E-state index in [0.717, 1.165) is 0 Å². The van der Waals surface area contributed by atoms with Gasteiger partial charge in [-0.3, -0.25) is 14.1 Å². The van der Waals surface area contributed by atoms with Crippen molar-refractivity contribution in [1.29, 1.82) is 0 Å². The van der Waals surface area contributed by atoms with Gasteiger partial charge in [0.25, 0.3) is 11.3 Å². The summed E-state index contributed by atoms with van der Waals surface area (Å²) in [5, 5.41) is 0.580. The molecule has 3 N–H and O–H groups in total. The van der Waals surface area contributed by atoms with E-state index in [9.17, 15) is 13.4 Å². The summed E-state index contributed by atoms with van der Waals surface area (Å²) >= 11 is -2.42. The minimum Gasteiger partial charge on any atom is -0.345 e. The molecule has 3 aromatic rings. The number of aromatic nitrogens is 2. The Labute approximate surface area is 126 Å². The summed E-state index contributed by atoms with van der Waals surface area (Å²) in [6.45, 7) is 0. The highest BCUT2D eigenvalue weighted by atomic mass is 32.2. The number of nitrogens with zero attached hydrogens (tertiary/aromatic N) is 1. The lowest BCUT2D eigenvalue weighted by atomic mass is 10.0. The Morgan fingerprint density at radius 1 is 1.27 bits per heavy atom. The highest BCUT2D eigenvalue weighted by Crippen LogP contribution is 2.24. The average Bonchev–Trinajstić information content (AvgIpc) is 2.92. The van der Waals surface area contributed by atoms with Crippen LogP contribution in [0.4, 0.5) is 10.1 Å². The molecule has 1 unspecified atom stereocenters. The number of hydrogen-bond donors (Lipinski definition) is 3. The summed E-state index contributed by atoms with van der Waals surface area (Å²) in [7, 11) is 0. The monoisotopic (exact) mass is 319 g/mol. The molecule has 0 fully saturated rings. The van der Waals surface area contributed by atoms with Crippen LogP contribution in [0, 0.1) is 5.82 Å². The summed E-state index contributed by atoms with van der Waals surface area (Å²) < 4.78 is 35.9. The van der Waals surface area contributed by atoms with Gasteiger partial charge in [-0.05, 0) is 24.3 Å². The number of nitrogens with one attached hydrogen (secondary N) is 2. The summed E-state index contributed by atoms with van der Waals surface area (Å²) in [6, 6.07) is 7.40. The van der Waals surface area contributed by atoms with Gasteiger partial charge < -0.3 is 4.98 Å². The molecule has 0 aliphatic carbocycles. The third-order valence-electron chi connectivity index (χ3n) is 3.14. The Morgan fingerprint density at radius 2 is 2.09 bits per heavy atom. The van der Waals surface area contributed by atoms with E-state index in [1.54, 1.807) is 18.3 Å². The lowest BCUT2D eigenvalue weighted by molar-refractivity contribution is 0.103. The van der Waals surface area contributed by atoms with Crippen molar-refractivity contribution in [3.63, 3.8) is 0 Å². The minimum atomic E-state index is -2.42. The van der Waals surface area contributed by atoms with E-state index in [0.29, 0.717) is 11.0 Å². The second-order valence-electron chi connectivity index (χ2n) is 4.45. The molecular formula is C14H10FN3O3S. The molecular weight excluding hydrogens is 309 g/mol. The number of pyridine rings is 1. The lowest BCUT2D eigenvalue weighted by Gasteiger charge is -2.07. The van der Waals surface area contributed by atoms with Gasteiger partial charge in [0, 0.05) is 23.3 Å². The normalized spacial score (nSPS) is 12.3. The highest BCUT2D eigenvalue weighted by Gasteiger charge is 2.20. The Bertz CT molecular complexity index is 894. The van der Waals surface area contributed by atoms with E-state index in [2.05, 4.69) is 9.97 Å². The first-order chi connectivity index (χ1) is 10.6. The topological polar surface area (TPSA) is 95.1 Å². The van der Waals surface area contributed by atoms with Crippen LogP contribution in [-0.4, -0.2) is 24.5 Å². The second kappa shape index (κ2) is 5.66. The standard InChI is InChI=1S/C14H10FN3O3S/c15-12-9(3-1-5-11(12)18-22(20)21)13(19)10-7-17-14-8(10)4-2-6-16-14/h1-7,18H,(H,16,17)(H,20,21). The number of carbonyl (C=O) groups is 1. The zero-order chi connectivity index (χ0) is 15.7. The largest absolute Gasteiger partial charge is 0.345 e. The molecule has 1 aromatic carbocycles. The van der Waals surface area contributed by atoms with Crippen LogP contribution >= 0.6 is 0 Å². The van der Waals surface area contributed by atoms with Gasteiger partial charge in [-0.25, -0.2) is 13.6 Å². The maximum Gasteiger partial charge on any atom is 0.259 e. The van der Waals surface area contributed by atoms with Crippen molar-refractivity contribution in [2.24, 2.45) is 0 Å². The molecule has 0 bridgehead atoms. The van der Waals surface area contributed by atoms with Crippen LogP contribution in [0.1, 0.15) is 15.9 Å². The zero-order valence-electron chi connectivity index (χ0n) is 11.0. The predicted molar refractivity (Wildman–Crippen MR) is 80.3 cm³/mol. The SMILES string of the molecule is O=C(c1cccc(NS(=O)O)c1F)c1c[nH]c2ncccc12. The van der Waals surface area contributed by atoms with Crippen LogP contribution in [0.2, 0.25) is 0 Å². The van der Waals surface area contributed by atoms with Gasteiger partial charge in [0.1, 0.15) is 5.65 Å². The minimum absolute atomic E-state index is 0.194. The van der Waals surface area contributed by atoms with E-state index in [1.807, 2.05) is 4.72 Å². The van der Waals surface area contributed by atoms with E-state index in [-0.39, 0.29) is 16.8 Å².